The third-order valence-corrected chi connectivity index (χ3v) is 4.77. The summed E-state index contributed by atoms with van der Waals surface area (Å²) in [4.78, 5) is 52.4. The first-order valence-electron chi connectivity index (χ1n) is 10.5. The van der Waals surface area contributed by atoms with Crippen molar-refractivity contribution in [2.24, 2.45) is 0 Å². The van der Waals surface area contributed by atoms with Crippen molar-refractivity contribution in [1.29, 1.82) is 0 Å². The molecule has 0 saturated carbocycles. The summed E-state index contributed by atoms with van der Waals surface area (Å²) in [6.07, 6.45) is 1.02. The van der Waals surface area contributed by atoms with Gasteiger partial charge in [0, 0.05) is 29.9 Å². The van der Waals surface area contributed by atoms with E-state index in [1.807, 2.05) is 24.3 Å². The summed E-state index contributed by atoms with van der Waals surface area (Å²) in [5.41, 5.74) is 0.918. The molecule has 10 heteroatoms. The van der Waals surface area contributed by atoms with E-state index in [4.69, 9.17) is 9.47 Å². The van der Waals surface area contributed by atoms with E-state index in [-0.39, 0.29) is 19.3 Å². The van der Waals surface area contributed by atoms with Gasteiger partial charge in [-0.3, -0.25) is 9.59 Å². The van der Waals surface area contributed by atoms with Gasteiger partial charge in [0.1, 0.15) is 17.7 Å². The molecule has 2 amide bonds. The molecule has 1 aromatic heterocycles. The van der Waals surface area contributed by atoms with E-state index in [2.05, 4.69) is 20.4 Å². The van der Waals surface area contributed by atoms with Crippen LogP contribution in [0.25, 0.3) is 10.9 Å². The van der Waals surface area contributed by atoms with Crippen molar-refractivity contribution >= 4 is 34.8 Å². The van der Waals surface area contributed by atoms with Gasteiger partial charge in [-0.15, -0.1) is 0 Å². The Morgan fingerprint density at radius 3 is 2.33 bits per heavy atom. The number of hydrogen-bond donors (Lipinski definition) is 3. The third-order valence-electron chi connectivity index (χ3n) is 4.77. The van der Waals surface area contributed by atoms with Crippen LogP contribution in [0.4, 0.5) is 4.79 Å². The van der Waals surface area contributed by atoms with E-state index < -0.39 is 41.6 Å². The lowest BCUT2D eigenvalue weighted by molar-refractivity contribution is -0.146. The standard InChI is InChI=1S/C23H31N3O7/c1-23(2,3)33-22(30)26-18(12-14-13-24-16-9-7-6-8-15(14)16)20(28)25-17(21(29)32-5)10-11-19(27)31-4/h6-9,13,17-18,24H,10-12H2,1-5H3,(H,25,28)(H,26,30)/t17-,18+/m1/s1. The fourth-order valence-electron chi connectivity index (χ4n) is 3.21. The van der Waals surface area contributed by atoms with Gasteiger partial charge >= 0.3 is 18.0 Å². The molecule has 3 N–H and O–H groups in total. The third kappa shape index (κ3) is 7.81. The lowest BCUT2D eigenvalue weighted by Crippen LogP contribution is -2.53. The number of carbonyl (C=O) groups is 4. The van der Waals surface area contributed by atoms with E-state index in [1.165, 1.54) is 14.2 Å². The van der Waals surface area contributed by atoms with Crippen LogP contribution >= 0.6 is 0 Å². The maximum atomic E-state index is 13.1. The normalized spacial score (nSPS) is 13.0. The molecule has 0 saturated heterocycles. The van der Waals surface area contributed by atoms with Gasteiger partial charge < -0.3 is 29.8 Å². The molecule has 0 unspecified atom stereocenters. The number of hydrogen-bond acceptors (Lipinski definition) is 7. The van der Waals surface area contributed by atoms with Gasteiger partial charge in [-0.2, -0.15) is 0 Å². The lowest BCUT2D eigenvalue weighted by Gasteiger charge is -2.24. The van der Waals surface area contributed by atoms with E-state index in [9.17, 15) is 19.2 Å². The van der Waals surface area contributed by atoms with E-state index in [1.54, 1.807) is 27.0 Å². The second-order valence-electron chi connectivity index (χ2n) is 8.46. The number of nitrogens with one attached hydrogen (secondary N) is 3. The van der Waals surface area contributed by atoms with Crippen molar-refractivity contribution in [2.75, 3.05) is 14.2 Å². The summed E-state index contributed by atoms with van der Waals surface area (Å²) in [5, 5.41) is 6.06. The molecular weight excluding hydrogens is 430 g/mol. The summed E-state index contributed by atoms with van der Waals surface area (Å²) < 4.78 is 14.6. The number of fused-ring (bicyclic) bond motifs is 1. The molecule has 2 aromatic rings. The number of ether oxygens (including phenoxy) is 3. The lowest BCUT2D eigenvalue weighted by atomic mass is 10.0. The molecule has 0 aliphatic rings. The fraction of sp³-hybridized carbons (Fsp3) is 0.478. The molecular formula is C23H31N3O7. The van der Waals surface area contributed by atoms with Crippen molar-refractivity contribution in [3.63, 3.8) is 0 Å². The predicted octanol–water partition coefficient (Wildman–Crippen LogP) is 2.21. The van der Waals surface area contributed by atoms with Crippen LogP contribution in [0.3, 0.4) is 0 Å². The number of benzene rings is 1. The number of aromatic nitrogens is 1. The average Bonchev–Trinajstić information content (AvgIpc) is 3.16. The van der Waals surface area contributed by atoms with Crippen molar-refractivity contribution in [3.8, 4) is 0 Å². The Balaban J connectivity index is 2.24. The van der Waals surface area contributed by atoms with Crippen LogP contribution in [-0.2, 0) is 35.0 Å². The molecule has 1 heterocycles. The minimum atomic E-state index is -1.09. The number of methoxy groups -OCH3 is 2. The van der Waals surface area contributed by atoms with Gasteiger partial charge in [0.25, 0.3) is 0 Å². The van der Waals surface area contributed by atoms with Crippen LogP contribution in [0, 0.1) is 0 Å². The summed E-state index contributed by atoms with van der Waals surface area (Å²) >= 11 is 0. The van der Waals surface area contributed by atoms with Crippen molar-refractivity contribution < 1.29 is 33.4 Å². The van der Waals surface area contributed by atoms with E-state index >= 15 is 0 Å². The second-order valence-corrected chi connectivity index (χ2v) is 8.46. The molecule has 1 aromatic carbocycles. The Labute approximate surface area is 192 Å². The SMILES string of the molecule is COC(=O)CC[C@@H](NC(=O)[C@H](Cc1c[nH]c2ccccc12)NC(=O)OC(C)(C)C)C(=O)OC. The second kappa shape index (κ2) is 11.3. The molecule has 10 nitrogen and oxygen atoms in total. The van der Waals surface area contributed by atoms with E-state index in [0.29, 0.717) is 0 Å². The number of esters is 2. The van der Waals surface area contributed by atoms with Crippen LogP contribution in [0.5, 0.6) is 0 Å². The molecule has 0 bridgehead atoms. The molecule has 0 fully saturated rings. The molecule has 2 atom stereocenters. The molecule has 0 spiro atoms. The molecule has 0 aliphatic heterocycles. The van der Waals surface area contributed by atoms with Crippen LogP contribution in [-0.4, -0.2) is 60.8 Å². The van der Waals surface area contributed by atoms with Gasteiger partial charge in [0.15, 0.2) is 0 Å². The van der Waals surface area contributed by atoms with Crippen LogP contribution < -0.4 is 10.6 Å². The van der Waals surface area contributed by atoms with Crippen molar-refractivity contribution in [2.45, 2.75) is 57.7 Å². The zero-order valence-corrected chi connectivity index (χ0v) is 19.5. The number of aromatic amines is 1. The maximum Gasteiger partial charge on any atom is 0.408 e. The highest BCUT2D eigenvalue weighted by molar-refractivity contribution is 5.91. The molecule has 33 heavy (non-hydrogen) atoms. The van der Waals surface area contributed by atoms with Crippen LogP contribution in [0.2, 0.25) is 0 Å². The number of para-hydroxylation sites is 1. The smallest absolute Gasteiger partial charge is 0.408 e. The number of rotatable bonds is 9. The topological polar surface area (TPSA) is 136 Å². The van der Waals surface area contributed by atoms with Gasteiger partial charge in [0.05, 0.1) is 14.2 Å². The summed E-state index contributed by atoms with van der Waals surface area (Å²) in [5.74, 6) is -1.86. The highest BCUT2D eigenvalue weighted by Gasteiger charge is 2.30. The molecule has 2 rings (SSSR count). The first-order chi connectivity index (χ1) is 15.5. The fourth-order valence-corrected chi connectivity index (χ4v) is 3.21. The average molecular weight is 462 g/mol. The zero-order valence-electron chi connectivity index (χ0n) is 19.5. The van der Waals surface area contributed by atoms with Gasteiger partial charge in [-0.1, -0.05) is 18.2 Å². The van der Waals surface area contributed by atoms with Gasteiger partial charge in [-0.25, -0.2) is 9.59 Å². The van der Waals surface area contributed by atoms with Gasteiger partial charge in [0.2, 0.25) is 5.91 Å². The number of carbonyl (C=O) groups excluding carboxylic acids is 4. The van der Waals surface area contributed by atoms with Crippen LogP contribution in [0.1, 0.15) is 39.2 Å². The Hall–Kier alpha value is -3.56. The zero-order chi connectivity index (χ0) is 24.6. The Bertz CT molecular complexity index is 993. The first-order valence-corrected chi connectivity index (χ1v) is 10.5. The maximum absolute atomic E-state index is 13.1. The predicted molar refractivity (Wildman–Crippen MR) is 120 cm³/mol. The largest absolute Gasteiger partial charge is 0.469 e. The quantitative estimate of drug-likeness (QED) is 0.385. The molecule has 0 aliphatic carbocycles. The Kier molecular flexibility index (Phi) is 8.84. The number of amides is 2. The first kappa shape index (κ1) is 25.7. The minimum absolute atomic E-state index is 0.0165. The minimum Gasteiger partial charge on any atom is -0.469 e. The van der Waals surface area contributed by atoms with Crippen molar-refractivity contribution in [3.05, 3.63) is 36.0 Å². The van der Waals surface area contributed by atoms with Crippen molar-refractivity contribution in [1.82, 2.24) is 15.6 Å². The highest BCUT2D eigenvalue weighted by atomic mass is 16.6. The summed E-state index contributed by atoms with van der Waals surface area (Å²) in [7, 11) is 2.41. The van der Waals surface area contributed by atoms with Crippen LogP contribution in [0.15, 0.2) is 30.5 Å². The summed E-state index contributed by atoms with van der Waals surface area (Å²) in [6.45, 7) is 5.13. The monoisotopic (exact) mass is 461 g/mol. The van der Waals surface area contributed by atoms with Gasteiger partial charge in [-0.05, 0) is 38.8 Å². The Morgan fingerprint density at radius 1 is 1.00 bits per heavy atom. The molecule has 180 valence electrons. The molecule has 0 radical (unpaired) electrons. The summed E-state index contributed by atoms with van der Waals surface area (Å²) in [6, 6.07) is 5.41. The number of H-pyrrole nitrogens is 1. The number of alkyl carbamates (subject to hydrolysis) is 1. The van der Waals surface area contributed by atoms with E-state index in [0.717, 1.165) is 16.5 Å². The highest BCUT2D eigenvalue weighted by Crippen LogP contribution is 2.19. The Morgan fingerprint density at radius 2 is 1.70 bits per heavy atom.